The zero-order valence-electron chi connectivity index (χ0n) is 8.57. The molecule has 0 aromatic heterocycles. The topological polar surface area (TPSA) is 21.4 Å². The average Bonchev–Trinajstić information content (AvgIpc) is 2.82. The molecule has 0 radical (unpaired) electrons. The zero-order valence-corrected chi connectivity index (χ0v) is 8.57. The minimum atomic E-state index is 0.226. The van der Waals surface area contributed by atoms with Gasteiger partial charge in [0, 0.05) is 11.5 Å². The van der Waals surface area contributed by atoms with Crippen molar-refractivity contribution >= 4 is 11.5 Å². The molecule has 1 aliphatic carbocycles. The van der Waals surface area contributed by atoms with Gasteiger partial charge >= 0.3 is 0 Å². The zero-order chi connectivity index (χ0) is 10.7. The molecule has 1 saturated carbocycles. The maximum atomic E-state index is 12.0. The number of hydrogen-bond acceptors (Lipinski definition) is 1. The van der Waals surface area contributed by atoms with E-state index in [1.807, 2.05) is 0 Å². The van der Waals surface area contributed by atoms with Gasteiger partial charge in [0.25, 0.3) is 0 Å². The Kier molecular flexibility index (Phi) is 2.82. The first-order valence-corrected chi connectivity index (χ1v) is 5.33. The first-order chi connectivity index (χ1) is 7.31. The highest BCUT2D eigenvalue weighted by molar-refractivity contribution is 5.98. The molecule has 0 heterocycles. The van der Waals surface area contributed by atoms with Gasteiger partial charge in [-0.25, -0.2) is 4.85 Å². The predicted molar refractivity (Wildman–Crippen MR) is 59.0 cm³/mol. The summed E-state index contributed by atoms with van der Waals surface area (Å²) in [4.78, 5) is 15.3. The van der Waals surface area contributed by atoms with Gasteiger partial charge in [-0.2, -0.15) is 0 Å². The fourth-order valence-corrected chi connectivity index (χ4v) is 2.12. The number of benzene rings is 1. The average molecular weight is 199 g/mol. The van der Waals surface area contributed by atoms with Crippen LogP contribution in [0.15, 0.2) is 24.3 Å². The summed E-state index contributed by atoms with van der Waals surface area (Å²) in [5, 5.41) is 0. The van der Waals surface area contributed by atoms with E-state index in [-0.39, 0.29) is 11.7 Å². The molecule has 15 heavy (non-hydrogen) atoms. The molecule has 0 N–H and O–H groups in total. The molecule has 0 amide bonds. The summed E-state index contributed by atoms with van der Waals surface area (Å²) in [7, 11) is 0. The van der Waals surface area contributed by atoms with Crippen LogP contribution in [-0.2, 0) is 0 Å². The molecule has 0 atom stereocenters. The third-order valence-electron chi connectivity index (χ3n) is 3.01. The SMILES string of the molecule is [C-]#[N+]c1ccc(C(=O)C2CCCC2)cc1. The summed E-state index contributed by atoms with van der Waals surface area (Å²) in [6.07, 6.45) is 4.42. The highest BCUT2D eigenvalue weighted by atomic mass is 16.1. The molecule has 1 fully saturated rings. The third-order valence-corrected chi connectivity index (χ3v) is 3.01. The van der Waals surface area contributed by atoms with Crippen molar-refractivity contribution in [3.8, 4) is 0 Å². The maximum absolute atomic E-state index is 12.0. The molecule has 0 spiro atoms. The number of carbonyl (C=O) groups excluding carboxylic acids is 1. The second kappa shape index (κ2) is 4.27. The van der Waals surface area contributed by atoms with E-state index >= 15 is 0 Å². The summed E-state index contributed by atoms with van der Waals surface area (Å²) in [5.41, 5.74) is 1.35. The first-order valence-electron chi connectivity index (χ1n) is 5.33. The second-order valence-corrected chi connectivity index (χ2v) is 4.00. The van der Waals surface area contributed by atoms with Crippen LogP contribution in [0.25, 0.3) is 4.85 Å². The molecule has 0 saturated heterocycles. The van der Waals surface area contributed by atoms with Crippen molar-refractivity contribution < 1.29 is 4.79 Å². The van der Waals surface area contributed by atoms with Crippen molar-refractivity contribution in [3.05, 3.63) is 41.2 Å². The molecule has 0 aliphatic heterocycles. The third kappa shape index (κ3) is 2.07. The van der Waals surface area contributed by atoms with Gasteiger partial charge < -0.3 is 0 Å². The van der Waals surface area contributed by atoms with Crippen LogP contribution < -0.4 is 0 Å². The van der Waals surface area contributed by atoms with Crippen molar-refractivity contribution in [1.29, 1.82) is 0 Å². The molecule has 0 bridgehead atoms. The van der Waals surface area contributed by atoms with Crippen LogP contribution in [0.4, 0.5) is 5.69 Å². The molecule has 1 aromatic rings. The van der Waals surface area contributed by atoms with E-state index in [9.17, 15) is 4.79 Å². The maximum Gasteiger partial charge on any atom is 0.187 e. The highest BCUT2D eigenvalue weighted by Crippen LogP contribution is 2.28. The lowest BCUT2D eigenvalue weighted by molar-refractivity contribution is 0.0923. The van der Waals surface area contributed by atoms with Gasteiger partial charge in [0.2, 0.25) is 0 Å². The van der Waals surface area contributed by atoms with Crippen LogP contribution in [0.2, 0.25) is 0 Å². The Hall–Kier alpha value is -1.62. The normalized spacial score (nSPS) is 16.2. The van der Waals surface area contributed by atoms with E-state index in [0.29, 0.717) is 5.69 Å². The van der Waals surface area contributed by atoms with Gasteiger partial charge in [-0.05, 0) is 12.8 Å². The Balaban J connectivity index is 2.15. The fraction of sp³-hybridized carbons (Fsp3) is 0.385. The van der Waals surface area contributed by atoms with E-state index < -0.39 is 0 Å². The Morgan fingerprint density at radius 1 is 1.20 bits per heavy atom. The van der Waals surface area contributed by atoms with Crippen LogP contribution in [0, 0.1) is 12.5 Å². The largest absolute Gasteiger partial charge is 0.294 e. The monoisotopic (exact) mass is 199 g/mol. The number of nitrogens with zero attached hydrogens (tertiary/aromatic N) is 1. The summed E-state index contributed by atoms with van der Waals surface area (Å²) in [6, 6.07) is 6.98. The molecule has 2 heteroatoms. The van der Waals surface area contributed by atoms with Crippen LogP contribution in [0.5, 0.6) is 0 Å². The lowest BCUT2D eigenvalue weighted by Gasteiger charge is -2.07. The van der Waals surface area contributed by atoms with Crippen LogP contribution in [0.1, 0.15) is 36.0 Å². The van der Waals surface area contributed by atoms with Gasteiger partial charge in [0.15, 0.2) is 11.5 Å². The summed E-state index contributed by atoms with van der Waals surface area (Å²) >= 11 is 0. The molecule has 2 nitrogen and oxygen atoms in total. The van der Waals surface area contributed by atoms with Gasteiger partial charge in [-0.15, -0.1) is 0 Å². The van der Waals surface area contributed by atoms with Gasteiger partial charge in [0.1, 0.15) is 0 Å². The van der Waals surface area contributed by atoms with Crippen LogP contribution in [-0.4, -0.2) is 5.78 Å². The fourth-order valence-electron chi connectivity index (χ4n) is 2.12. The van der Waals surface area contributed by atoms with E-state index in [4.69, 9.17) is 6.57 Å². The Morgan fingerprint density at radius 2 is 1.80 bits per heavy atom. The smallest absolute Gasteiger partial charge is 0.187 e. The van der Waals surface area contributed by atoms with E-state index in [1.54, 1.807) is 24.3 Å². The molecule has 0 unspecified atom stereocenters. The number of Topliss-reactive ketones (excluding diaryl/α,β-unsaturated/α-hetero) is 1. The van der Waals surface area contributed by atoms with E-state index in [2.05, 4.69) is 4.85 Å². The number of ketones is 1. The highest BCUT2D eigenvalue weighted by Gasteiger charge is 2.23. The summed E-state index contributed by atoms with van der Waals surface area (Å²) < 4.78 is 0. The van der Waals surface area contributed by atoms with Crippen LogP contribution in [0.3, 0.4) is 0 Å². The van der Waals surface area contributed by atoms with Gasteiger partial charge in [0.05, 0.1) is 6.57 Å². The van der Waals surface area contributed by atoms with Crippen molar-refractivity contribution in [2.75, 3.05) is 0 Å². The Labute approximate surface area is 89.7 Å². The van der Waals surface area contributed by atoms with Crippen LogP contribution >= 0.6 is 0 Å². The van der Waals surface area contributed by atoms with Gasteiger partial charge in [-0.1, -0.05) is 37.1 Å². The van der Waals surface area contributed by atoms with Crippen molar-refractivity contribution in [2.24, 2.45) is 5.92 Å². The molecular weight excluding hydrogens is 186 g/mol. The van der Waals surface area contributed by atoms with E-state index in [0.717, 1.165) is 18.4 Å². The van der Waals surface area contributed by atoms with Crippen molar-refractivity contribution in [2.45, 2.75) is 25.7 Å². The lowest BCUT2D eigenvalue weighted by Crippen LogP contribution is -2.10. The summed E-state index contributed by atoms with van der Waals surface area (Å²) in [5.74, 6) is 0.479. The first kappa shape index (κ1) is 9.92. The quantitative estimate of drug-likeness (QED) is 0.526. The molecule has 1 aromatic carbocycles. The summed E-state index contributed by atoms with van der Waals surface area (Å²) in [6.45, 7) is 6.83. The molecule has 1 aliphatic rings. The van der Waals surface area contributed by atoms with Gasteiger partial charge in [-0.3, -0.25) is 4.79 Å². The Morgan fingerprint density at radius 3 is 2.33 bits per heavy atom. The second-order valence-electron chi connectivity index (χ2n) is 4.00. The van der Waals surface area contributed by atoms with Crippen molar-refractivity contribution in [3.63, 3.8) is 0 Å². The Bertz CT molecular complexity index is 394. The van der Waals surface area contributed by atoms with E-state index in [1.165, 1.54) is 12.8 Å². The predicted octanol–water partition coefficient (Wildman–Crippen LogP) is 3.61. The molecule has 2 rings (SSSR count). The molecular formula is C13H13NO. The minimum Gasteiger partial charge on any atom is -0.294 e. The number of hydrogen-bond donors (Lipinski definition) is 0. The number of carbonyl (C=O) groups is 1. The lowest BCUT2D eigenvalue weighted by atomic mass is 9.96. The number of rotatable bonds is 2. The minimum absolute atomic E-state index is 0.226. The standard InChI is InChI=1S/C13H13NO/c1-14-12-8-6-11(7-9-12)13(15)10-4-2-3-5-10/h6-10H,2-5H2. The van der Waals surface area contributed by atoms with Crippen molar-refractivity contribution in [1.82, 2.24) is 0 Å². The molecule has 76 valence electrons.